The molecule has 0 amide bonds. The summed E-state index contributed by atoms with van der Waals surface area (Å²) in [6.45, 7) is 3.01. The molecule has 26 heavy (non-hydrogen) atoms. The number of pyridine rings is 1. The van der Waals surface area contributed by atoms with E-state index in [1.165, 1.54) is 17.8 Å². The number of halogens is 1. The topological polar surface area (TPSA) is 37.4 Å². The van der Waals surface area contributed by atoms with Gasteiger partial charge >= 0.3 is 0 Å². The summed E-state index contributed by atoms with van der Waals surface area (Å²) in [4.78, 5) is 7.03. The molecule has 0 spiro atoms. The van der Waals surface area contributed by atoms with Crippen LogP contribution in [0.5, 0.6) is 0 Å². The van der Waals surface area contributed by atoms with E-state index >= 15 is 0 Å². The fraction of sp³-hybridized carbons (Fsp3) is 0.286. The molecule has 1 saturated heterocycles. The van der Waals surface area contributed by atoms with Crippen LogP contribution in [0.3, 0.4) is 0 Å². The first-order chi connectivity index (χ1) is 12.6. The molecule has 1 aromatic heterocycles. The molecule has 1 unspecified atom stereocenters. The molecule has 4 rings (SSSR count). The number of nitrogens with one attached hydrogen (secondary N) is 1. The Kier molecular flexibility index (Phi) is 4.47. The number of aromatic nitrogens is 1. The van der Waals surface area contributed by atoms with Crippen molar-refractivity contribution in [1.82, 2.24) is 4.98 Å². The number of methoxy groups -OCH3 is 1. The van der Waals surface area contributed by atoms with Crippen molar-refractivity contribution in [3.63, 3.8) is 0 Å². The molecule has 134 valence electrons. The minimum Gasteiger partial charge on any atom is -0.362 e. The van der Waals surface area contributed by atoms with E-state index in [-0.39, 0.29) is 12.0 Å². The Morgan fingerprint density at radius 2 is 1.88 bits per heavy atom. The number of aryl methyl sites for hydroxylation is 1. The van der Waals surface area contributed by atoms with E-state index in [0.29, 0.717) is 0 Å². The van der Waals surface area contributed by atoms with Crippen LogP contribution in [0.15, 0.2) is 48.5 Å². The molecule has 5 heteroatoms. The lowest BCUT2D eigenvalue weighted by Crippen LogP contribution is -2.30. The van der Waals surface area contributed by atoms with Crippen molar-refractivity contribution in [2.24, 2.45) is 0 Å². The molecule has 3 aromatic rings. The predicted molar refractivity (Wildman–Crippen MR) is 104 cm³/mol. The number of hydrogen-bond acceptors (Lipinski definition) is 4. The average Bonchev–Trinajstić information content (AvgIpc) is 3.11. The minimum absolute atomic E-state index is 0.122. The van der Waals surface area contributed by atoms with Crippen LogP contribution in [-0.2, 0) is 4.74 Å². The van der Waals surface area contributed by atoms with Gasteiger partial charge in [-0.1, -0.05) is 0 Å². The fourth-order valence-corrected chi connectivity index (χ4v) is 3.61. The highest BCUT2D eigenvalue weighted by Crippen LogP contribution is 2.34. The van der Waals surface area contributed by atoms with Gasteiger partial charge in [0.25, 0.3) is 0 Å². The summed E-state index contributed by atoms with van der Waals surface area (Å²) >= 11 is 0. The number of rotatable bonds is 4. The van der Waals surface area contributed by atoms with Gasteiger partial charge < -0.3 is 15.0 Å². The van der Waals surface area contributed by atoms with Crippen LogP contribution in [0.25, 0.3) is 10.9 Å². The van der Waals surface area contributed by atoms with Gasteiger partial charge in [0.05, 0.1) is 5.52 Å². The first-order valence-corrected chi connectivity index (χ1v) is 8.87. The Morgan fingerprint density at radius 1 is 1.12 bits per heavy atom. The molecule has 1 aliphatic rings. The molecular weight excluding hydrogens is 329 g/mol. The van der Waals surface area contributed by atoms with Gasteiger partial charge in [-0.25, -0.2) is 4.39 Å². The third kappa shape index (κ3) is 3.22. The first kappa shape index (κ1) is 16.8. The lowest BCUT2D eigenvalue weighted by Gasteiger charge is -2.27. The van der Waals surface area contributed by atoms with E-state index in [0.717, 1.165) is 47.4 Å². The average molecular weight is 351 g/mol. The second-order valence-corrected chi connectivity index (χ2v) is 6.67. The molecule has 1 fully saturated rings. The summed E-state index contributed by atoms with van der Waals surface area (Å²) < 4.78 is 18.7. The van der Waals surface area contributed by atoms with Crippen molar-refractivity contribution in [2.45, 2.75) is 26.0 Å². The lowest BCUT2D eigenvalue weighted by atomic mass is 10.1. The molecule has 4 nitrogen and oxygen atoms in total. The quantitative estimate of drug-likeness (QED) is 0.718. The van der Waals surface area contributed by atoms with Gasteiger partial charge in [-0.2, -0.15) is 0 Å². The Bertz CT molecular complexity index is 926. The third-order valence-corrected chi connectivity index (χ3v) is 4.83. The molecule has 1 aliphatic heterocycles. The molecule has 0 saturated carbocycles. The molecule has 1 N–H and O–H groups in total. The van der Waals surface area contributed by atoms with Gasteiger partial charge in [-0.15, -0.1) is 0 Å². The highest BCUT2D eigenvalue weighted by Gasteiger charge is 2.26. The van der Waals surface area contributed by atoms with Gasteiger partial charge in [-0.3, -0.25) is 4.98 Å². The van der Waals surface area contributed by atoms with Crippen LogP contribution in [0.2, 0.25) is 0 Å². The largest absolute Gasteiger partial charge is 0.362 e. The van der Waals surface area contributed by atoms with E-state index in [9.17, 15) is 4.39 Å². The smallest absolute Gasteiger partial charge is 0.129 e. The van der Waals surface area contributed by atoms with Gasteiger partial charge in [-0.05, 0) is 68.3 Å². The number of nitrogens with zero attached hydrogens (tertiary/aromatic N) is 2. The Hall–Kier alpha value is -2.66. The minimum atomic E-state index is -0.241. The van der Waals surface area contributed by atoms with E-state index in [2.05, 4.69) is 22.3 Å². The van der Waals surface area contributed by atoms with Crippen LogP contribution >= 0.6 is 0 Å². The summed E-state index contributed by atoms with van der Waals surface area (Å²) in [5, 5.41) is 4.42. The predicted octanol–water partition coefficient (Wildman–Crippen LogP) is 5.00. The highest BCUT2D eigenvalue weighted by molar-refractivity contribution is 5.94. The Labute approximate surface area is 152 Å². The number of anilines is 3. The first-order valence-electron chi connectivity index (χ1n) is 8.87. The van der Waals surface area contributed by atoms with E-state index < -0.39 is 0 Å². The van der Waals surface area contributed by atoms with E-state index in [4.69, 9.17) is 9.72 Å². The van der Waals surface area contributed by atoms with Crippen molar-refractivity contribution in [2.75, 3.05) is 23.9 Å². The van der Waals surface area contributed by atoms with Crippen LogP contribution in [0.4, 0.5) is 21.5 Å². The number of hydrogen-bond donors (Lipinski definition) is 1. The third-order valence-electron chi connectivity index (χ3n) is 4.83. The normalized spacial score (nSPS) is 17.0. The van der Waals surface area contributed by atoms with Gasteiger partial charge in [0.1, 0.15) is 12.0 Å². The van der Waals surface area contributed by atoms with Crippen molar-refractivity contribution < 1.29 is 9.13 Å². The van der Waals surface area contributed by atoms with Gasteiger partial charge in [0.2, 0.25) is 0 Å². The summed E-state index contributed by atoms with van der Waals surface area (Å²) in [5.41, 5.74) is 4.86. The number of benzene rings is 2. The Balaban J connectivity index is 1.71. The van der Waals surface area contributed by atoms with Crippen LogP contribution in [0.1, 0.15) is 18.5 Å². The highest BCUT2D eigenvalue weighted by atomic mass is 19.1. The maximum absolute atomic E-state index is 13.1. The molecule has 0 radical (unpaired) electrons. The van der Waals surface area contributed by atoms with Gasteiger partial charge in [0.15, 0.2) is 0 Å². The fourth-order valence-electron chi connectivity index (χ4n) is 3.61. The second-order valence-electron chi connectivity index (χ2n) is 6.67. The van der Waals surface area contributed by atoms with E-state index in [1.807, 2.05) is 19.1 Å². The zero-order chi connectivity index (χ0) is 18.1. The summed E-state index contributed by atoms with van der Waals surface area (Å²) in [6, 6.07) is 14.6. The molecular formula is C21H22FN3O. The van der Waals surface area contributed by atoms with Gasteiger partial charge in [0, 0.05) is 41.8 Å². The van der Waals surface area contributed by atoms with Crippen LogP contribution in [-0.4, -0.2) is 24.9 Å². The number of fused-ring (bicyclic) bond motifs is 1. The van der Waals surface area contributed by atoms with Crippen molar-refractivity contribution in [3.05, 3.63) is 60.0 Å². The SMILES string of the molecule is COC1CCCN1c1cc(C)nc2cc(Nc3ccc(F)cc3)ccc12. The number of ether oxygens (including phenoxy) is 1. The second kappa shape index (κ2) is 6.92. The van der Waals surface area contributed by atoms with Crippen molar-refractivity contribution in [1.29, 1.82) is 0 Å². The van der Waals surface area contributed by atoms with Crippen LogP contribution in [0, 0.1) is 12.7 Å². The molecule has 0 aliphatic carbocycles. The van der Waals surface area contributed by atoms with Crippen molar-refractivity contribution >= 4 is 28.0 Å². The van der Waals surface area contributed by atoms with Crippen molar-refractivity contribution in [3.8, 4) is 0 Å². The maximum Gasteiger partial charge on any atom is 0.129 e. The molecule has 2 heterocycles. The zero-order valence-electron chi connectivity index (χ0n) is 15.0. The molecule has 2 aromatic carbocycles. The zero-order valence-corrected chi connectivity index (χ0v) is 15.0. The summed E-state index contributed by atoms with van der Waals surface area (Å²) in [7, 11) is 1.77. The maximum atomic E-state index is 13.1. The lowest BCUT2D eigenvalue weighted by molar-refractivity contribution is 0.111. The van der Waals surface area contributed by atoms with Crippen LogP contribution < -0.4 is 10.2 Å². The monoisotopic (exact) mass is 351 g/mol. The van der Waals surface area contributed by atoms with E-state index in [1.54, 1.807) is 19.2 Å². The summed E-state index contributed by atoms with van der Waals surface area (Å²) in [6.07, 6.45) is 2.30. The molecule has 0 bridgehead atoms. The standard InChI is InChI=1S/C21H22FN3O/c1-14-12-20(25-11-3-4-21(25)26-2)18-10-9-17(13-19(18)23-14)24-16-7-5-15(22)6-8-16/h5-10,12-13,21,24H,3-4,11H2,1-2H3. The molecule has 1 atom stereocenters. The summed E-state index contributed by atoms with van der Waals surface area (Å²) in [5.74, 6) is -0.241. The Morgan fingerprint density at radius 3 is 2.65 bits per heavy atom.